The number of thioether (sulfide) groups is 1. The number of hydrogen-bond acceptors (Lipinski definition) is 7. The van der Waals surface area contributed by atoms with E-state index >= 15 is 0 Å². The molecule has 1 aromatic rings. The fraction of sp³-hybridized carbons (Fsp3) is 0.389. The van der Waals surface area contributed by atoms with E-state index in [1.807, 2.05) is 0 Å². The third-order valence-electron chi connectivity index (χ3n) is 4.70. The van der Waals surface area contributed by atoms with Gasteiger partial charge in [0.1, 0.15) is 12.3 Å². The highest BCUT2D eigenvalue weighted by atomic mass is 79.9. The van der Waals surface area contributed by atoms with Gasteiger partial charge in [-0.3, -0.25) is 29.4 Å². The van der Waals surface area contributed by atoms with E-state index in [1.54, 1.807) is 4.90 Å². The number of hydrogen-bond donors (Lipinski definition) is 1. The lowest BCUT2D eigenvalue weighted by atomic mass is 10.1. The van der Waals surface area contributed by atoms with Crippen LogP contribution >= 0.6 is 27.7 Å². The van der Waals surface area contributed by atoms with Gasteiger partial charge in [-0.2, -0.15) is 0 Å². The summed E-state index contributed by atoms with van der Waals surface area (Å²) in [6.07, 6.45) is 5.12. The van der Waals surface area contributed by atoms with Crippen molar-refractivity contribution in [2.24, 2.45) is 0 Å². The van der Waals surface area contributed by atoms with Gasteiger partial charge in [0.15, 0.2) is 0 Å². The number of imide groups is 1. The van der Waals surface area contributed by atoms with Crippen molar-refractivity contribution in [2.45, 2.75) is 25.7 Å². The van der Waals surface area contributed by atoms with Gasteiger partial charge in [0, 0.05) is 30.8 Å². The minimum Gasteiger partial charge on any atom is -0.506 e. The Hall–Kier alpha value is -2.40. The number of benzene rings is 1. The van der Waals surface area contributed by atoms with Gasteiger partial charge in [0.25, 0.3) is 16.8 Å². The van der Waals surface area contributed by atoms with Crippen LogP contribution in [0.5, 0.6) is 5.75 Å². The Bertz CT molecular complexity index is 911. The molecule has 2 aliphatic heterocycles. The van der Waals surface area contributed by atoms with Gasteiger partial charge in [0.2, 0.25) is 5.91 Å². The summed E-state index contributed by atoms with van der Waals surface area (Å²) in [5.41, 5.74) is -0.257. The smallest absolute Gasteiger partial charge is 0.294 e. The van der Waals surface area contributed by atoms with Crippen LogP contribution in [-0.4, -0.2) is 56.5 Å². The largest absolute Gasteiger partial charge is 0.506 e. The van der Waals surface area contributed by atoms with Crippen LogP contribution in [0.4, 0.5) is 10.5 Å². The van der Waals surface area contributed by atoms with E-state index in [4.69, 9.17) is 0 Å². The van der Waals surface area contributed by atoms with E-state index < -0.39 is 16.1 Å². The molecule has 0 unspecified atom stereocenters. The van der Waals surface area contributed by atoms with Crippen molar-refractivity contribution in [3.63, 3.8) is 0 Å². The van der Waals surface area contributed by atoms with Crippen LogP contribution in [0.2, 0.25) is 0 Å². The van der Waals surface area contributed by atoms with Crippen molar-refractivity contribution in [1.82, 2.24) is 9.80 Å². The molecular weight excluding hydrogens is 466 g/mol. The molecule has 154 valence electrons. The van der Waals surface area contributed by atoms with Crippen molar-refractivity contribution in [2.75, 3.05) is 19.6 Å². The first-order valence-electron chi connectivity index (χ1n) is 8.98. The average Bonchev–Trinajstić information content (AvgIpc) is 2.88. The summed E-state index contributed by atoms with van der Waals surface area (Å²) in [5, 5.41) is 20.6. The second kappa shape index (κ2) is 8.95. The number of phenolic OH excluding ortho intramolecular Hbond substituents is 1. The standard InChI is InChI=1S/C18H18BrN3O6S/c19-13-9-12(22(27)28)7-11(16(13)24)8-14-17(25)21(18(26)29-14)10-15(23)20-5-3-1-2-4-6-20/h7-9,24H,1-6,10H2. The molecule has 0 aromatic heterocycles. The Morgan fingerprint density at radius 3 is 2.52 bits per heavy atom. The molecule has 2 fully saturated rings. The number of phenols is 1. The molecule has 0 spiro atoms. The molecule has 9 nitrogen and oxygen atoms in total. The lowest BCUT2D eigenvalue weighted by Crippen LogP contribution is -2.42. The topological polar surface area (TPSA) is 121 Å². The van der Waals surface area contributed by atoms with E-state index in [2.05, 4.69) is 15.9 Å². The normalized spacial score (nSPS) is 19.0. The van der Waals surface area contributed by atoms with E-state index in [-0.39, 0.29) is 38.8 Å². The van der Waals surface area contributed by atoms with Gasteiger partial charge in [-0.1, -0.05) is 12.8 Å². The highest BCUT2D eigenvalue weighted by Gasteiger charge is 2.37. The van der Waals surface area contributed by atoms with Gasteiger partial charge in [0.05, 0.1) is 14.3 Å². The SMILES string of the molecule is O=C(CN1C(=O)SC(=Cc2cc([N+](=O)[O-])cc(Br)c2O)C1=O)N1CCCCCC1. The van der Waals surface area contributed by atoms with Crippen molar-refractivity contribution in [1.29, 1.82) is 0 Å². The Morgan fingerprint density at radius 1 is 1.24 bits per heavy atom. The third kappa shape index (κ3) is 4.78. The summed E-state index contributed by atoms with van der Waals surface area (Å²) in [4.78, 5) is 50.3. The number of halogens is 1. The number of non-ortho nitro benzene ring substituents is 1. The molecule has 0 aliphatic carbocycles. The zero-order valence-corrected chi connectivity index (χ0v) is 17.7. The molecule has 0 atom stereocenters. The molecular formula is C18H18BrN3O6S. The molecule has 3 rings (SSSR count). The summed E-state index contributed by atoms with van der Waals surface area (Å²) in [6.45, 7) is 0.883. The van der Waals surface area contributed by atoms with Crippen LogP contribution in [0.15, 0.2) is 21.5 Å². The minimum absolute atomic E-state index is 0.0126. The first-order chi connectivity index (χ1) is 13.8. The Labute approximate surface area is 179 Å². The fourth-order valence-corrected chi connectivity index (χ4v) is 4.45. The van der Waals surface area contributed by atoms with E-state index in [9.17, 15) is 29.6 Å². The molecule has 29 heavy (non-hydrogen) atoms. The highest BCUT2D eigenvalue weighted by molar-refractivity contribution is 9.10. The number of aromatic hydroxyl groups is 1. The van der Waals surface area contributed by atoms with Crippen LogP contribution in [-0.2, 0) is 9.59 Å². The average molecular weight is 484 g/mol. The van der Waals surface area contributed by atoms with Crippen molar-refractivity contribution in [3.05, 3.63) is 37.2 Å². The van der Waals surface area contributed by atoms with Gasteiger partial charge >= 0.3 is 0 Å². The van der Waals surface area contributed by atoms with Crippen LogP contribution < -0.4 is 0 Å². The van der Waals surface area contributed by atoms with Gasteiger partial charge in [-0.25, -0.2) is 0 Å². The molecule has 3 amide bonds. The quantitative estimate of drug-likeness (QED) is 0.395. The maximum atomic E-state index is 12.6. The van der Waals surface area contributed by atoms with Gasteiger partial charge < -0.3 is 10.0 Å². The monoisotopic (exact) mass is 483 g/mol. The molecule has 0 saturated carbocycles. The number of rotatable bonds is 4. The van der Waals surface area contributed by atoms with Crippen LogP contribution in [0, 0.1) is 10.1 Å². The number of nitro groups is 1. The second-order valence-electron chi connectivity index (χ2n) is 6.69. The molecule has 0 bridgehead atoms. The maximum absolute atomic E-state index is 12.6. The first-order valence-corrected chi connectivity index (χ1v) is 10.6. The molecule has 1 aromatic carbocycles. The molecule has 11 heteroatoms. The number of amides is 3. The Balaban J connectivity index is 1.80. The Morgan fingerprint density at radius 2 is 1.90 bits per heavy atom. The number of carbonyl (C=O) groups excluding carboxylic acids is 3. The zero-order valence-electron chi connectivity index (χ0n) is 15.3. The van der Waals surface area contributed by atoms with Gasteiger partial charge in [-0.05, 0) is 46.6 Å². The summed E-state index contributed by atoms with van der Waals surface area (Å²) in [6, 6.07) is 2.24. The van der Waals surface area contributed by atoms with Crippen LogP contribution in [0.3, 0.4) is 0 Å². The number of nitrogens with zero attached hydrogens (tertiary/aromatic N) is 3. The van der Waals surface area contributed by atoms with E-state index in [0.717, 1.165) is 42.7 Å². The number of carbonyl (C=O) groups is 3. The summed E-state index contributed by atoms with van der Waals surface area (Å²) in [7, 11) is 0. The maximum Gasteiger partial charge on any atom is 0.294 e. The Kier molecular flexibility index (Phi) is 6.58. The second-order valence-corrected chi connectivity index (χ2v) is 8.53. The summed E-state index contributed by atoms with van der Waals surface area (Å²) in [5.74, 6) is -1.23. The fourth-order valence-electron chi connectivity index (χ4n) is 3.15. The first kappa shape index (κ1) is 21.3. The lowest BCUT2D eigenvalue weighted by Gasteiger charge is -2.22. The van der Waals surface area contributed by atoms with Crippen LogP contribution in [0.1, 0.15) is 31.2 Å². The molecule has 2 heterocycles. The van der Waals surface area contributed by atoms with Crippen molar-refractivity contribution in [3.8, 4) is 5.75 Å². The molecule has 0 radical (unpaired) electrons. The molecule has 2 saturated heterocycles. The number of likely N-dealkylation sites (tertiary alicyclic amines) is 1. The number of nitro benzene ring substituents is 1. The van der Waals surface area contributed by atoms with E-state index in [0.29, 0.717) is 24.9 Å². The van der Waals surface area contributed by atoms with Crippen LogP contribution in [0.25, 0.3) is 6.08 Å². The summed E-state index contributed by atoms with van der Waals surface area (Å²) < 4.78 is 0.0912. The zero-order chi connectivity index (χ0) is 21.1. The molecule has 2 aliphatic rings. The highest BCUT2D eigenvalue weighted by Crippen LogP contribution is 2.38. The third-order valence-corrected chi connectivity index (χ3v) is 6.21. The van der Waals surface area contributed by atoms with Crippen molar-refractivity contribution >= 4 is 56.5 Å². The molecule has 1 N–H and O–H groups in total. The van der Waals surface area contributed by atoms with E-state index in [1.165, 1.54) is 6.08 Å². The van der Waals surface area contributed by atoms with Gasteiger partial charge in [-0.15, -0.1) is 0 Å². The lowest BCUT2D eigenvalue weighted by molar-refractivity contribution is -0.385. The predicted molar refractivity (Wildman–Crippen MR) is 110 cm³/mol. The van der Waals surface area contributed by atoms with Crippen molar-refractivity contribution < 1.29 is 24.4 Å². The minimum atomic E-state index is -0.662. The summed E-state index contributed by atoms with van der Waals surface area (Å²) >= 11 is 3.66. The predicted octanol–water partition coefficient (Wildman–Crippen LogP) is 3.50.